The van der Waals surface area contributed by atoms with E-state index in [1.165, 1.54) is 0 Å². The molecule has 0 fully saturated rings. The van der Waals surface area contributed by atoms with Gasteiger partial charge in [-0.2, -0.15) is 10.1 Å². The molecule has 0 bridgehead atoms. The summed E-state index contributed by atoms with van der Waals surface area (Å²) in [5, 5.41) is 14.7. The summed E-state index contributed by atoms with van der Waals surface area (Å²) in [6.45, 7) is 6.16. The first-order valence-electron chi connectivity index (χ1n) is 5.93. The van der Waals surface area contributed by atoms with Gasteiger partial charge >= 0.3 is 0 Å². The van der Waals surface area contributed by atoms with Gasteiger partial charge in [-0.1, -0.05) is 23.7 Å². The van der Waals surface area contributed by atoms with Crippen LogP contribution in [0.25, 0.3) is 0 Å². The van der Waals surface area contributed by atoms with Crippen LogP contribution in [-0.2, 0) is 0 Å². The summed E-state index contributed by atoms with van der Waals surface area (Å²) in [6.07, 6.45) is 1.59. The molecule has 5 nitrogen and oxygen atoms in total. The third kappa shape index (κ3) is 4.06. The molecule has 6 heteroatoms. The molecule has 100 valence electrons. The molecule has 2 N–H and O–H groups in total. The molecule has 0 atom stereocenters. The van der Waals surface area contributed by atoms with E-state index in [1.807, 2.05) is 18.2 Å². The molecule has 0 radical (unpaired) electrons. The average Bonchev–Trinajstić information content (AvgIpc) is 2.30. The van der Waals surface area contributed by atoms with Gasteiger partial charge in [-0.3, -0.25) is 0 Å². The fourth-order valence-electron chi connectivity index (χ4n) is 1.48. The van der Waals surface area contributed by atoms with Gasteiger partial charge in [0.1, 0.15) is 0 Å². The maximum atomic E-state index is 6.07. The second kappa shape index (κ2) is 5.40. The van der Waals surface area contributed by atoms with E-state index in [-0.39, 0.29) is 5.54 Å². The van der Waals surface area contributed by atoms with Crippen LogP contribution in [0.15, 0.2) is 30.5 Å². The molecule has 0 aliphatic heterocycles. The number of para-hydroxylation sites is 1. The molecule has 0 saturated heterocycles. The van der Waals surface area contributed by atoms with Gasteiger partial charge in [0.2, 0.25) is 5.95 Å². The molecule has 2 aromatic rings. The Bertz CT molecular complexity index is 565. The molecule has 2 rings (SSSR count). The minimum atomic E-state index is -0.0856. The number of anilines is 3. The molecule has 1 heterocycles. The van der Waals surface area contributed by atoms with Crippen molar-refractivity contribution in [3.8, 4) is 0 Å². The number of benzene rings is 1. The lowest BCUT2D eigenvalue weighted by molar-refractivity contribution is 0.629. The molecule has 0 saturated carbocycles. The largest absolute Gasteiger partial charge is 0.364 e. The van der Waals surface area contributed by atoms with Crippen LogP contribution in [-0.4, -0.2) is 20.7 Å². The Morgan fingerprint density at radius 2 is 1.89 bits per heavy atom. The molecule has 1 aromatic carbocycles. The highest BCUT2D eigenvalue weighted by Gasteiger charge is 2.11. The maximum Gasteiger partial charge on any atom is 0.249 e. The smallest absolute Gasteiger partial charge is 0.249 e. The molecule has 0 aliphatic carbocycles. The van der Waals surface area contributed by atoms with Crippen molar-refractivity contribution in [1.82, 2.24) is 15.2 Å². The summed E-state index contributed by atoms with van der Waals surface area (Å²) < 4.78 is 0. The Morgan fingerprint density at radius 1 is 1.16 bits per heavy atom. The van der Waals surface area contributed by atoms with E-state index < -0.39 is 0 Å². The van der Waals surface area contributed by atoms with Crippen LogP contribution in [0.4, 0.5) is 17.5 Å². The quantitative estimate of drug-likeness (QED) is 0.899. The Hall–Kier alpha value is -1.88. The number of halogens is 1. The van der Waals surface area contributed by atoms with Crippen molar-refractivity contribution in [2.24, 2.45) is 0 Å². The van der Waals surface area contributed by atoms with Gasteiger partial charge in [-0.15, -0.1) is 5.10 Å². The Kier molecular flexibility index (Phi) is 3.85. The number of hydrogen-bond donors (Lipinski definition) is 2. The van der Waals surface area contributed by atoms with Gasteiger partial charge < -0.3 is 10.6 Å². The topological polar surface area (TPSA) is 62.7 Å². The highest BCUT2D eigenvalue weighted by Crippen LogP contribution is 2.23. The second-order valence-corrected chi connectivity index (χ2v) is 5.55. The van der Waals surface area contributed by atoms with Crippen molar-refractivity contribution in [3.63, 3.8) is 0 Å². The second-order valence-electron chi connectivity index (χ2n) is 5.15. The Morgan fingerprint density at radius 3 is 2.58 bits per heavy atom. The molecule has 0 amide bonds. The van der Waals surface area contributed by atoms with Gasteiger partial charge in [0.15, 0.2) is 5.82 Å². The fourth-order valence-corrected chi connectivity index (χ4v) is 1.67. The van der Waals surface area contributed by atoms with Crippen molar-refractivity contribution in [1.29, 1.82) is 0 Å². The van der Waals surface area contributed by atoms with E-state index in [0.29, 0.717) is 16.8 Å². The Labute approximate surface area is 117 Å². The lowest BCUT2D eigenvalue weighted by atomic mass is 10.1. The first kappa shape index (κ1) is 13.5. The maximum absolute atomic E-state index is 6.07. The van der Waals surface area contributed by atoms with Crippen molar-refractivity contribution < 1.29 is 0 Å². The molecule has 0 spiro atoms. The zero-order chi connectivity index (χ0) is 13.9. The van der Waals surface area contributed by atoms with E-state index in [0.717, 1.165) is 5.69 Å². The Balaban J connectivity index is 2.18. The van der Waals surface area contributed by atoms with Crippen molar-refractivity contribution in [2.45, 2.75) is 26.3 Å². The summed E-state index contributed by atoms with van der Waals surface area (Å²) in [5.41, 5.74) is 0.663. The van der Waals surface area contributed by atoms with Crippen LogP contribution < -0.4 is 10.6 Å². The van der Waals surface area contributed by atoms with Crippen molar-refractivity contribution in [3.05, 3.63) is 35.5 Å². The minimum absolute atomic E-state index is 0.0856. The number of rotatable bonds is 3. The van der Waals surface area contributed by atoms with Crippen molar-refractivity contribution in [2.75, 3.05) is 10.6 Å². The van der Waals surface area contributed by atoms with E-state index >= 15 is 0 Å². The van der Waals surface area contributed by atoms with Gasteiger partial charge in [0, 0.05) is 5.54 Å². The molecule has 1 aromatic heterocycles. The van der Waals surface area contributed by atoms with Crippen LogP contribution in [0.1, 0.15) is 20.8 Å². The van der Waals surface area contributed by atoms with Gasteiger partial charge in [0.05, 0.1) is 16.9 Å². The molecule has 0 unspecified atom stereocenters. The first-order chi connectivity index (χ1) is 8.94. The fraction of sp³-hybridized carbons (Fsp3) is 0.308. The standard InChI is InChI=1S/C13H16ClN5/c1-13(2,3)18-11-8-15-19-12(17-11)16-10-7-5-4-6-9(10)14/h4-8H,1-3H3,(H2,16,17,18,19). The zero-order valence-electron chi connectivity index (χ0n) is 11.1. The van der Waals surface area contributed by atoms with Crippen LogP contribution in [0.3, 0.4) is 0 Å². The predicted octanol–water partition coefficient (Wildman–Crippen LogP) is 3.48. The summed E-state index contributed by atoms with van der Waals surface area (Å²) in [4.78, 5) is 4.34. The number of aromatic nitrogens is 3. The monoisotopic (exact) mass is 277 g/mol. The predicted molar refractivity (Wildman–Crippen MR) is 77.9 cm³/mol. The van der Waals surface area contributed by atoms with E-state index in [1.54, 1.807) is 12.3 Å². The third-order valence-electron chi connectivity index (χ3n) is 2.18. The van der Waals surface area contributed by atoms with E-state index in [4.69, 9.17) is 11.6 Å². The third-order valence-corrected chi connectivity index (χ3v) is 2.51. The van der Waals surface area contributed by atoms with Crippen molar-refractivity contribution >= 4 is 29.1 Å². The van der Waals surface area contributed by atoms with Crippen LogP contribution >= 0.6 is 11.6 Å². The zero-order valence-corrected chi connectivity index (χ0v) is 11.9. The minimum Gasteiger partial charge on any atom is -0.364 e. The van der Waals surface area contributed by atoms with Gasteiger partial charge in [0.25, 0.3) is 0 Å². The molecular weight excluding hydrogens is 262 g/mol. The summed E-state index contributed by atoms with van der Waals surface area (Å²) in [6, 6.07) is 7.41. The van der Waals surface area contributed by atoms with E-state index in [9.17, 15) is 0 Å². The summed E-state index contributed by atoms with van der Waals surface area (Å²) in [7, 11) is 0. The SMILES string of the molecule is CC(C)(C)Nc1cnnc(Nc2ccccc2Cl)n1. The summed E-state index contributed by atoms with van der Waals surface area (Å²) >= 11 is 6.07. The molecule has 19 heavy (non-hydrogen) atoms. The summed E-state index contributed by atoms with van der Waals surface area (Å²) in [5.74, 6) is 1.07. The van der Waals surface area contributed by atoms with Crippen LogP contribution in [0.2, 0.25) is 5.02 Å². The lowest BCUT2D eigenvalue weighted by Gasteiger charge is -2.20. The average molecular weight is 278 g/mol. The van der Waals surface area contributed by atoms with Gasteiger partial charge in [-0.05, 0) is 32.9 Å². The lowest BCUT2D eigenvalue weighted by Crippen LogP contribution is -2.27. The number of nitrogens with one attached hydrogen (secondary N) is 2. The molecule has 0 aliphatic rings. The number of hydrogen-bond acceptors (Lipinski definition) is 5. The van der Waals surface area contributed by atoms with Crippen LogP contribution in [0, 0.1) is 0 Å². The van der Waals surface area contributed by atoms with Crippen LogP contribution in [0.5, 0.6) is 0 Å². The number of nitrogens with zero attached hydrogens (tertiary/aromatic N) is 3. The van der Waals surface area contributed by atoms with E-state index in [2.05, 4.69) is 46.6 Å². The first-order valence-corrected chi connectivity index (χ1v) is 6.31. The molecular formula is C13H16ClN5. The highest BCUT2D eigenvalue weighted by atomic mass is 35.5. The van der Waals surface area contributed by atoms with Gasteiger partial charge in [-0.25, -0.2) is 0 Å². The highest BCUT2D eigenvalue weighted by molar-refractivity contribution is 6.33. The normalized spacial score (nSPS) is 11.2.